The summed E-state index contributed by atoms with van der Waals surface area (Å²) in [5.74, 6) is 2.52. The number of para-hydroxylation sites is 2. The van der Waals surface area contributed by atoms with E-state index in [9.17, 15) is 0 Å². The highest BCUT2D eigenvalue weighted by Gasteiger charge is 2.31. The summed E-state index contributed by atoms with van der Waals surface area (Å²) in [7, 11) is 0. The number of fused-ring (bicyclic) bond motifs is 1. The van der Waals surface area contributed by atoms with Gasteiger partial charge in [-0.3, -0.25) is 4.90 Å². The van der Waals surface area contributed by atoms with Crippen LogP contribution in [0.25, 0.3) is 5.69 Å². The van der Waals surface area contributed by atoms with Crippen LogP contribution in [0.1, 0.15) is 42.5 Å². The van der Waals surface area contributed by atoms with Crippen LogP contribution >= 0.6 is 0 Å². The monoisotopic (exact) mass is 402 g/mol. The lowest BCUT2D eigenvalue weighted by Crippen LogP contribution is -2.34. The summed E-state index contributed by atoms with van der Waals surface area (Å²) < 4.78 is 7.97. The first-order valence-electron chi connectivity index (χ1n) is 11.2. The molecule has 2 aromatic carbocycles. The first-order valence-corrected chi connectivity index (χ1v) is 11.2. The van der Waals surface area contributed by atoms with E-state index in [1.54, 1.807) is 0 Å². The van der Waals surface area contributed by atoms with Gasteiger partial charge in [-0.15, -0.1) is 0 Å². The maximum absolute atomic E-state index is 5.89. The third-order valence-electron chi connectivity index (χ3n) is 6.22. The summed E-state index contributed by atoms with van der Waals surface area (Å²) in [6.45, 7) is 6.92. The third-order valence-corrected chi connectivity index (χ3v) is 6.22. The highest BCUT2D eigenvalue weighted by atomic mass is 16.5. The van der Waals surface area contributed by atoms with Crippen molar-refractivity contribution in [1.29, 1.82) is 0 Å². The van der Waals surface area contributed by atoms with Gasteiger partial charge in [0.15, 0.2) is 0 Å². The van der Waals surface area contributed by atoms with Crippen LogP contribution in [0.2, 0.25) is 0 Å². The maximum atomic E-state index is 5.89. The van der Waals surface area contributed by atoms with Gasteiger partial charge >= 0.3 is 0 Å². The number of anilines is 1. The van der Waals surface area contributed by atoms with Crippen LogP contribution in [-0.2, 0) is 13.0 Å². The van der Waals surface area contributed by atoms with Gasteiger partial charge in [0.05, 0.1) is 12.3 Å². The lowest BCUT2D eigenvalue weighted by molar-refractivity contribution is 0.198. The van der Waals surface area contributed by atoms with E-state index < -0.39 is 0 Å². The van der Waals surface area contributed by atoms with Crippen molar-refractivity contribution in [1.82, 2.24) is 14.7 Å². The summed E-state index contributed by atoms with van der Waals surface area (Å²) in [6.07, 6.45) is 3.49. The van der Waals surface area contributed by atoms with Crippen molar-refractivity contribution in [2.75, 3.05) is 31.6 Å². The Morgan fingerprint density at radius 3 is 2.80 bits per heavy atom. The molecule has 5 nitrogen and oxygen atoms in total. The predicted molar refractivity (Wildman–Crippen MR) is 121 cm³/mol. The second kappa shape index (κ2) is 8.52. The Labute approximate surface area is 178 Å². The van der Waals surface area contributed by atoms with Crippen molar-refractivity contribution in [2.24, 2.45) is 0 Å². The van der Waals surface area contributed by atoms with Crippen molar-refractivity contribution in [2.45, 2.75) is 38.6 Å². The Morgan fingerprint density at radius 1 is 1.10 bits per heavy atom. The zero-order chi connectivity index (χ0) is 20.3. The molecule has 5 rings (SSSR count). The van der Waals surface area contributed by atoms with Crippen molar-refractivity contribution in [3.8, 4) is 11.4 Å². The number of hydrogen-bond donors (Lipinski definition) is 1. The number of likely N-dealkylation sites (tertiary alicyclic amines) is 1. The molecule has 1 saturated heterocycles. The predicted octanol–water partition coefficient (Wildman–Crippen LogP) is 4.62. The molecule has 2 aliphatic heterocycles. The number of rotatable bonds is 6. The van der Waals surface area contributed by atoms with Gasteiger partial charge in [-0.1, -0.05) is 42.5 Å². The quantitative estimate of drug-likeness (QED) is 0.653. The molecule has 3 aromatic rings. The maximum Gasteiger partial charge on any atom is 0.145 e. The normalized spacial score (nSPS) is 18.8. The second-order valence-corrected chi connectivity index (χ2v) is 8.26. The Kier molecular flexibility index (Phi) is 5.45. The Morgan fingerprint density at radius 2 is 1.93 bits per heavy atom. The number of piperidine rings is 1. The van der Waals surface area contributed by atoms with E-state index in [1.165, 1.54) is 36.2 Å². The number of nitrogens with one attached hydrogen (secondary N) is 1. The van der Waals surface area contributed by atoms with E-state index in [0.29, 0.717) is 12.5 Å². The van der Waals surface area contributed by atoms with Crippen molar-refractivity contribution in [3.05, 3.63) is 71.4 Å². The van der Waals surface area contributed by atoms with Crippen LogP contribution in [0.4, 0.5) is 5.82 Å². The molecule has 156 valence electrons. The van der Waals surface area contributed by atoms with E-state index in [1.807, 2.05) is 19.1 Å². The van der Waals surface area contributed by atoms with Gasteiger partial charge in [-0.25, -0.2) is 4.68 Å². The van der Waals surface area contributed by atoms with Gasteiger partial charge in [-0.2, -0.15) is 5.10 Å². The molecule has 0 aliphatic carbocycles. The summed E-state index contributed by atoms with van der Waals surface area (Å²) >= 11 is 0. The number of benzene rings is 2. The Balaban J connectivity index is 1.44. The average Bonchev–Trinajstić information content (AvgIpc) is 3.38. The van der Waals surface area contributed by atoms with Crippen molar-refractivity contribution >= 4 is 5.82 Å². The minimum Gasteiger partial charge on any atom is -0.492 e. The van der Waals surface area contributed by atoms with Crippen LogP contribution in [0.15, 0.2) is 54.6 Å². The fourth-order valence-electron chi connectivity index (χ4n) is 4.88. The average molecular weight is 403 g/mol. The zero-order valence-corrected chi connectivity index (χ0v) is 17.7. The molecule has 2 aliphatic rings. The second-order valence-electron chi connectivity index (χ2n) is 8.26. The third kappa shape index (κ3) is 3.70. The van der Waals surface area contributed by atoms with E-state index in [-0.39, 0.29) is 0 Å². The minimum atomic E-state index is 0.483. The van der Waals surface area contributed by atoms with E-state index in [0.717, 1.165) is 43.3 Å². The molecule has 1 fully saturated rings. The minimum absolute atomic E-state index is 0.483. The van der Waals surface area contributed by atoms with Gasteiger partial charge < -0.3 is 10.1 Å². The standard InChI is InChI=1S/C25H30N4O/c1-2-30-23-13-7-6-12-22(23)29-25-21(14-15-26-25)24(27-29)20-11-8-16-28(18-20)17-19-9-4-3-5-10-19/h3-7,9-10,12-13,20,26H,2,8,11,14-18H2,1H3. The Hall–Kier alpha value is -2.79. The molecule has 0 amide bonds. The largest absolute Gasteiger partial charge is 0.492 e. The van der Waals surface area contributed by atoms with Crippen molar-refractivity contribution in [3.63, 3.8) is 0 Å². The molecule has 0 saturated carbocycles. The lowest BCUT2D eigenvalue weighted by Gasteiger charge is -2.32. The van der Waals surface area contributed by atoms with Gasteiger partial charge in [0.25, 0.3) is 0 Å². The summed E-state index contributed by atoms with van der Waals surface area (Å²) in [4.78, 5) is 2.59. The van der Waals surface area contributed by atoms with Gasteiger partial charge in [-0.05, 0) is 50.4 Å². The first kappa shape index (κ1) is 19.2. The summed E-state index contributed by atoms with van der Waals surface area (Å²) in [5, 5.41) is 8.74. The summed E-state index contributed by atoms with van der Waals surface area (Å²) in [6, 6.07) is 19.0. The van der Waals surface area contributed by atoms with Crippen LogP contribution in [0.5, 0.6) is 5.75 Å². The molecule has 0 radical (unpaired) electrons. The molecule has 0 spiro atoms. The molecule has 5 heteroatoms. The van der Waals surface area contributed by atoms with E-state index in [2.05, 4.69) is 57.4 Å². The van der Waals surface area contributed by atoms with Crippen LogP contribution < -0.4 is 10.1 Å². The molecule has 1 aromatic heterocycles. The molecule has 1 N–H and O–H groups in total. The van der Waals surface area contributed by atoms with Crippen molar-refractivity contribution < 1.29 is 4.74 Å². The molecule has 30 heavy (non-hydrogen) atoms. The fourth-order valence-corrected chi connectivity index (χ4v) is 4.88. The highest BCUT2D eigenvalue weighted by Crippen LogP contribution is 2.38. The van der Waals surface area contributed by atoms with E-state index in [4.69, 9.17) is 9.84 Å². The van der Waals surface area contributed by atoms with Crippen LogP contribution in [0, 0.1) is 0 Å². The van der Waals surface area contributed by atoms with E-state index >= 15 is 0 Å². The lowest BCUT2D eigenvalue weighted by atomic mass is 9.91. The topological polar surface area (TPSA) is 42.3 Å². The van der Waals surface area contributed by atoms with Gasteiger partial charge in [0.2, 0.25) is 0 Å². The zero-order valence-electron chi connectivity index (χ0n) is 17.7. The highest BCUT2D eigenvalue weighted by molar-refractivity contribution is 5.60. The van der Waals surface area contributed by atoms with Gasteiger partial charge in [0, 0.05) is 31.1 Å². The Bertz CT molecular complexity index is 998. The number of ether oxygens (including phenoxy) is 1. The first-order chi connectivity index (χ1) is 14.8. The molecule has 1 unspecified atom stereocenters. The van der Waals surface area contributed by atoms with Gasteiger partial charge in [0.1, 0.15) is 17.3 Å². The fraction of sp³-hybridized carbons (Fsp3) is 0.400. The molecular formula is C25H30N4O. The SMILES string of the molecule is CCOc1ccccc1-n1nc(C2CCCN(Cc3ccccc3)C2)c2c1NCC2. The smallest absolute Gasteiger partial charge is 0.145 e. The number of nitrogens with zero attached hydrogens (tertiary/aromatic N) is 3. The molecule has 1 atom stereocenters. The molecule has 0 bridgehead atoms. The molecule has 3 heterocycles. The summed E-state index contributed by atoms with van der Waals surface area (Å²) in [5.41, 5.74) is 5.08. The number of aromatic nitrogens is 2. The van der Waals surface area contributed by atoms with Crippen LogP contribution in [0.3, 0.4) is 0 Å². The van der Waals surface area contributed by atoms with Crippen LogP contribution in [-0.4, -0.2) is 40.9 Å². The number of hydrogen-bond acceptors (Lipinski definition) is 4. The molecular weight excluding hydrogens is 372 g/mol.